The smallest absolute Gasteiger partial charge is 0.355 e. The zero-order chi connectivity index (χ0) is 14.0. The summed E-state index contributed by atoms with van der Waals surface area (Å²) in [6, 6.07) is 10.6. The molecule has 0 saturated carbocycles. The zero-order valence-electron chi connectivity index (χ0n) is 9.43. The highest BCUT2D eigenvalue weighted by Gasteiger charge is 2.29. The van der Waals surface area contributed by atoms with Crippen LogP contribution in [0.15, 0.2) is 46.9 Å². The summed E-state index contributed by atoms with van der Waals surface area (Å²) in [5.41, 5.74) is 0.759. The van der Waals surface area contributed by atoms with Crippen molar-refractivity contribution in [2.24, 2.45) is 0 Å². The van der Waals surface area contributed by atoms with E-state index in [2.05, 4.69) is 43.8 Å². The Balaban J connectivity index is 2.20. The number of alkyl halides is 3. The molecule has 0 aliphatic heterocycles. The minimum Gasteiger partial charge on any atom is -0.355 e. The number of rotatable bonds is 2. The Hall–Kier alpha value is -0.760. The summed E-state index contributed by atoms with van der Waals surface area (Å²) >= 11 is 5.59. The van der Waals surface area contributed by atoms with Gasteiger partial charge in [-0.2, -0.15) is 13.2 Å². The van der Waals surface area contributed by atoms with Gasteiger partial charge in [-0.3, -0.25) is 0 Å². The lowest BCUT2D eigenvalue weighted by atomic mass is 10.2. The maximum absolute atomic E-state index is 12.4. The van der Waals surface area contributed by atoms with E-state index in [1.165, 1.54) is 12.1 Å². The van der Waals surface area contributed by atoms with Crippen LogP contribution in [0.1, 0.15) is 5.56 Å². The average Bonchev–Trinajstić information content (AvgIpc) is 2.32. The van der Waals surface area contributed by atoms with Crippen LogP contribution in [0.4, 0.5) is 24.5 Å². The van der Waals surface area contributed by atoms with Crippen molar-refractivity contribution in [3.8, 4) is 0 Å². The first-order chi connectivity index (χ1) is 8.86. The predicted molar refractivity (Wildman–Crippen MR) is 81.6 cm³/mol. The van der Waals surface area contributed by atoms with Crippen LogP contribution in [0.3, 0.4) is 0 Å². The van der Waals surface area contributed by atoms with Gasteiger partial charge in [-0.05, 0) is 81.0 Å². The van der Waals surface area contributed by atoms with Gasteiger partial charge in [0.15, 0.2) is 0 Å². The number of anilines is 2. The maximum atomic E-state index is 12.4. The van der Waals surface area contributed by atoms with Crippen molar-refractivity contribution in [1.82, 2.24) is 0 Å². The van der Waals surface area contributed by atoms with E-state index >= 15 is 0 Å². The molecule has 0 aliphatic rings. The molecule has 0 bridgehead atoms. The molecule has 0 unspecified atom stereocenters. The summed E-state index contributed by atoms with van der Waals surface area (Å²) < 4.78 is 39.2. The molecule has 0 atom stereocenters. The van der Waals surface area contributed by atoms with Crippen molar-refractivity contribution < 1.29 is 13.2 Å². The molecule has 0 aromatic heterocycles. The van der Waals surface area contributed by atoms with Gasteiger partial charge in [-0.25, -0.2) is 0 Å². The van der Waals surface area contributed by atoms with Crippen LogP contribution in [0.2, 0.25) is 0 Å². The van der Waals surface area contributed by atoms with E-state index in [4.69, 9.17) is 0 Å². The minimum absolute atomic E-state index is 0.606. The van der Waals surface area contributed by atoms with E-state index in [0.29, 0.717) is 5.69 Å². The molecule has 2 aromatic carbocycles. The molecule has 0 saturated heterocycles. The second kappa shape index (κ2) is 5.70. The first-order valence-corrected chi connectivity index (χ1v) is 7.13. The number of halogens is 5. The van der Waals surface area contributed by atoms with E-state index in [0.717, 1.165) is 25.9 Å². The summed E-state index contributed by atoms with van der Waals surface area (Å²) in [6.07, 6.45) is -4.30. The molecule has 2 rings (SSSR count). The van der Waals surface area contributed by atoms with Crippen molar-refractivity contribution in [2.75, 3.05) is 5.32 Å². The molecule has 0 fully saturated rings. The Kier molecular flexibility index (Phi) is 4.39. The summed E-state index contributed by atoms with van der Waals surface area (Å²) in [5, 5.41) is 3.06. The van der Waals surface area contributed by atoms with E-state index in [-0.39, 0.29) is 0 Å². The molecule has 0 aliphatic carbocycles. The van der Waals surface area contributed by atoms with E-state index < -0.39 is 11.7 Å². The lowest BCUT2D eigenvalue weighted by Crippen LogP contribution is -2.04. The van der Waals surface area contributed by atoms with Gasteiger partial charge in [0.1, 0.15) is 0 Å². The molecular formula is C13H8BrF3IN. The quantitative estimate of drug-likeness (QED) is 0.579. The summed E-state index contributed by atoms with van der Waals surface area (Å²) in [7, 11) is 0. The molecule has 100 valence electrons. The molecule has 19 heavy (non-hydrogen) atoms. The van der Waals surface area contributed by atoms with Gasteiger partial charge in [-0.15, -0.1) is 0 Å². The third kappa shape index (κ3) is 3.85. The molecular weight excluding hydrogens is 434 g/mol. The molecule has 0 spiro atoms. The Morgan fingerprint density at radius 2 is 1.63 bits per heavy atom. The SMILES string of the molecule is FC(F)(F)c1ccc(Nc2ccc(I)cc2Br)cc1. The Bertz CT molecular complexity index is 581. The third-order valence-electron chi connectivity index (χ3n) is 2.42. The van der Waals surface area contributed by atoms with Crippen molar-refractivity contribution >= 4 is 49.9 Å². The number of hydrogen-bond donors (Lipinski definition) is 1. The number of hydrogen-bond acceptors (Lipinski definition) is 1. The molecule has 1 N–H and O–H groups in total. The van der Waals surface area contributed by atoms with Gasteiger partial charge in [0, 0.05) is 13.7 Å². The highest BCUT2D eigenvalue weighted by molar-refractivity contribution is 14.1. The van der Waals surface area contributed by atoms with E-state index in [1.54, 1.807) is 0 Å². The van der Waals surface area contributed by atoms with Gasteiger partial charge in [0.2, 0.25) is 0 Å². The monoisotopic (exact) mass is 441 g/mol. The second-order valence-corrected chi connectivity index (χ2v) is 5.92. The van der Waals surface area contributed by atoms with Crippen LogP contribution in [-0.2, 0) is 6.18 Å². The van der Waals surface area contributed by atoms with Crippen molar-refractivity contribution in [3.63, 3.8) is 0 Å². The highest BCUT2D eigenvalue weighted by atomic mass is 127. The van der Waals surface area contributed by atoms with E-state index in [9.17, 15) is 13.2 Å². The fourth-order valence-electron chi connectivity index (χ4n) is 1.49. The zero-order valence-corrected chi connectivity index (χ0v) is 13.2. The molecule has 0 amide bonds. The van der Waals surface area contributed by atoms with Crippen LogP contribution in [0, 0.1) is 3.57 Å². The van der Waals surface area contributed by atoms with Crippen molar-refractivity contribution in [3.05, 3.63) is 56.1 Å². The van der Waals surface area contributed by atoms with Crippen LogP contribution >= 0.6 is 38.5 Å². The number of benzene rings is 2. The van der Waals surface area contributed by atoms with Gasteiger partial charge in [0.05, 0.1) is 11.3 Å². The van der Waals surface area contributed by atoms with Crippen molar-refractivity contribution in [2.45, 2.75) is 6.18 Å². The summed E-state index contributed by atoms with van der Waals surface area (Å²) in [5.74, 6) is 0. The van der Waals surface area contributed by atoms with Crippen molar-refractivity contribution in [1.29, 1.82) is 0 Å². The Labute approximate surface area is 130 Å². The fraction of sp³-hybridized carbons (Fsp3) is 0.0769. The van der Waals surface area contributed by atoms with Crippen LogP contribution < -0.4 is 5.32 Å². The standard InChI is InChI=1S/C13H8BrF3IN/c14-11-7-9(18)3-6-12(11)19-10-4-1-8(2-5-10)13(15,16)17/h1-7,19H. The summed E-state index contributed by atoms with van der Waals surface area (Å²) in [6.45, 7) is 0. The van der Waals surface area contributed by atoms with Gasteiger partial charge >= 0.3 is 6.18 Å². The molecule has 1 nitrogen and oxygen atoms in total. The second-order valence-electron chi connectivity index (χ2n) is 3.82. The van der Waals surface area contributed by atoms with Crippen LogP contribution in [0.5, 0.6) is 0 Å². The minimum atomic E-state index is -4.30. The Morgan fingerprint density at radius 1 is 1.00 bits per heavy atom. The molecule has 0 radical (unpaired) electrons. The lowest BCUT2D eigenvalue weighted by Gasteiger charge is -2.11. The van der Waals surface area contributed by atoms with Crippen LogP contribution in [0.25, 0.3) is 0 Å². The van der Waals surface area contributed by atoms with Gasteiger partial charge < -0.3 is 5.32 Å². The van der Waals surface area contributed by atoms with Gasteiger partial charge in [-0.1, -0.05) is 0 Å². The third-order valence-corrected chi connectivity index (χ3v) is 3.75. The molecule has 0 heterocycles. The first-order valence-electron chi connectivity index (χ1n) is 5.25. The first kappa shape index (κ1) is 14.6. The normalized spacial score (nSPS) is 11.4. The largest absolute Gasteiger partial charge is 0.416 e. The molecule has 2 aromatic rings. The van der Waals surface area contributed by atoms with Crippen LogP contribution in [-0.4, -0.2) is 0 Å². The highest BCUT2D eigenvalue weighted by Crippen LogP contribution is 2.31. The number of nitrogens with one attached hydrogen (secondary N) is 1. The van der Waals surface area contributed by atoms with Gasteiger partial charge in [0.25, 0.3) is 0 Å². The van der Waals surface area contributed by atoms with E-state index in [1.807, 2.05) is 18.2 Å². The molecule has 6 heteroatoms. The maximum Gasteiger partial charge on any atom is 0.416 e. The average molecular weight is 442 g/mol. The Morgan fingerprint density at radius 3 is 2.16 bits per heavy atom. The lowest BCUT2D eigenvalue weighted by molar-refractivity contribution is -0.137. The fourth-order valence-corrected chi connectivity index (χ4v) is 2.89. The summed E-state index contributed by atoms with van der Waals surface area (Å²) in [4.78, 5) is 0. The predicted octanol–water partition coefficient (Wildman–Crippen LogP) is 5.82. The topological polar surface area (TPSA) is 12.0 Å².